The summed E-state index contributed by atoms with van der Waals surface area (Å²) in [5, 5.41) is 4.01. The number of urea groups is 1. The number of carbonyl (C=O) groups excluding carboxylic acids is 2. The number of ether oxygens (including phenoxy) is 1. The predicted octanol–water partition coefficient (Wildman–Crippen LogP) is 3.03. The number of esters is 1. The molecule has 0 saturated carbocycles. The van der Waals surface area contributed by atoms with E-state index in [0.29, 0.717) is 17.7 Å². The Morgan fingerprint density at radius 3 is 2.64 bits per heavy atom. The van der Waals surface area contributed by atoms with Gasteiger partial charge in [0.2, 0.25) is 0 Å². The number of benzene rings is 2. The highest BCUT2D eigenvalue weighted by Gasteiger charge is 2.31. The van der Waals surface area contributed by atoms with Crippen molar-refractivity contribution in [2.24, 2.45) is 10.8 Å². The third kappa shape index (κ3) is 4.11. The van der Waals surface area contributed by atoms with E-state index in [9.17, 15) is 9.59 Å². The SMILES string of the molecule is NC(=O)N/N=C(\C=C\c1ccccc1)CC1OC(=O)c2ccccc21. The molecule has 6 heteroatoms. The fourth-order valence-electron chi connectivity index (χ4n) is 2.60. The second-order valence-electron chi connectivity index (χ2n) is 5.51. The molecule has 2 amide bonds. The van der Waals surface area contributed by atoms with Crippen LogP contribution < -0.4 is 11.2 Å². The molecule has 0 bridgehead atoms. The molecular weight excluding hydrogens is 318 g/mol. The van der Waals surface area contributed by atoms with Gasteiger partial charge in [-0.1, -0.05) is 54.6 Å². The number of hydrogen-bond donors (Lipinski definition) is 2. The highest BCUT2D eigenvalue weighted by molar-refractivity contribution is 6.00. The zero-order chi connectivity index (χ0) is 17.6. The number of nitrogens with two attached hydrogens (primary N) is 1. The van der Waals surface area contributed by atoms with Crippen molar-refractivity contribution >= 4 is 23.8 Å². The lowest BCUT2D eigenvalue weighted by atomic mass is 10.0. The number of carbonyl (C=O) groups is 2. The lowest BCUT2D eigenvalue weighted by Crippen LogP contribution is -2.25. The maximum Gasteiger partial charge on any atom is 0.339 e. The third-order valence-electron chi connectivity index (χ3n) is 3.75. The first-order valence-corrected chi connectivity index (χ1v) is 7.78. The molecular formula is C19H17N3O3. The summed E-state index contributed by atoms with van der Waals surface area (Å²) in [5.41, 5.74) is 10.2. The van der Waals surface area contributed by atoms with Crippen LogP contribution in [0.2, 0.25) is 0 Å². The van der Waals surface area contributed by atoms with E-state index >= 15 is 0 Å². The van der Waals surface area contributed by atoms with Crippen LogP contribution in [0.3, 0.4) is 0 Å². The van der Waals surface area contributed by atoms with Crippen molar-refractivity contribution in [3.8, 4) is 0 Å². The number of cyclic esters (lactones) is 1. The van der Waals surface area contributed by atoms with Crippen LogP contribution in [-0.4, -0.2) is 17.7 Å². The lowest BCUT2D eigenvalue weighted by Gasteiger charge is -2.10. The van der Waals surface area contributed by atoms with E-state index in [1.807, 2.05) is 48.5 Å². The molecule has 0 saturated heterocycles. The number of nitrogens with zero attached hydrogens (tertiary/aromatic N) is 1. The number of fused-ring (bicyclic) bond motifs is 1. The molecule has 0 spiro atoms. The molecule has 0 aromatic heterocycles. The molecule has 1 unspecified atom stereocenters. The fourth-order valence-corrected chi connectivity index (χ4v) is 2.60. The summed E-state index contributed by atoms with van der Waals surface area (Å²) >= 11 is 0. The average Bonchev–Trinajstić information content (AvgIpc) is 2.94. The van der Waals surface area contributed by atoms with Crippen LogP contribution in [-0.2, 0) is 4.74 Å². The Morgan fingerprint density at radius 2 is 1.88 bits per heavy atom. The smallest absolute Gasteiger partial charge is 0.339 e. The summed E-state index contributed by atoms with van der Waals surface area (Å²) < 4.78 is 5.42. The molecule has 0 radical (unpaired) electrons. The Labute approximate surface area is 145 Å². The standard InChI is InChI=1S/C19H17N3O3/c20-19(24)22-21-14(11-10-13-6-2-1-3-7-13)12-17-15-8-4-5-9-16(15)18(23)25-17/h1-11,17H,12H2,(H3,20,22,24)/b11-10+,21-14+. The quantitative estimate of drug-likeness (QED) is 0.499. The molecule has 126 valence electrons. The maximum absolute atomic E-state index is 11.9. The summed E-state index contributed by atoms with van der Waals surface area (Å²) in [6, 6.07) is 16.1. The number of amides is 2. The minimum atomic E-state index is -0.755. The highest BCUT2D eigenvalue weighted by Crippen LogP contribution is 2.33. The first-order chi connectivity index (χ1) is 12.1. The number of rotatable bonds is 5. The predicted molar refractivity (Wildman–Crippen MR) is 94.8 cm³/mol. The van der Waals surface area contributed by atoms with Crippen LogP contribution in [0.5, 0.6) is 0 Å². The number of nitrogens with one attached hydrogen (secondary N) is 1. The average molecular weight is 335 g/mol. The zero-order valence-electron chi connectivity index (χ0n) is 13.4. The van der Waals surface area contributed by atoms with Crippen LogP contribution >= 0.6 is 0 Å². The Balaban J connectivity index is 1.81. The van der Waals surface area contributed by atoms with Gasteiger partial charge < -0.3 is 10.5 Å². The number of hydrazone groups is 1. The molecule has 1 aliphatic rings. The van der Waals surface area contributed by atoms with Gasteiger partial charge in [-0.05, 0) is 17.7 Å². The molecule has 1 heterocycles. The van der Waals surface area contributed by atoms with E-state index in [1.165, 1.54) is 0 Å². The van der Waals surface area contributed by atoms with Gasteiger partial charge in [0.1, 0.15) is 6.10 Å². The number of hydrogen-bond acceptors (Lipinski definition) is 4. The molecule has 25 heavy (non-hydrogen) atoms. The first-order valence-electron chi connectivity index (χ1n) is 7.78. The topological polar surface area (TPSA) is 93.8 Å². The van der Waals surface area contributed by atoms with Crippen LogP contribution in [0.25, 0.3) is 6.08 Å². The Morgan fingerprint density at radius 1 is 1.16 bits per heavy atom. The summed E-state index contributed by atoms with van der Waals surface area (Å²) in [4.78, 5) is 22.9. The first kappa shape index (κ1) is 16.4. The van der Waals surface area contributed by atoms with Gasteiger partial charge in [0.25, 0.3) is 0 Å². The molecule has 6 nitrogen and oxygen atoms in total. The van der Waals surface area contributed by atoms with E-state index in [-0.39, 0.29) is 5.97 Å². The van der Waals surface area contributed by atoms with E-state index in [2.05, 4.69) is 10.5 Å². The number of primary amides is 1. The van der Waals surface area contributed by atoms with Crippen molar-refractivity contribution in [1.29, 1.82) is 0 Å². The molecule has 3 N–H and O–H groups in total. The summed E-state index contributed by atoms with van der Waals surface area (Å²) in [6.07, 6.45) is 3.51. The van der Waals surface area contributed by atoms with E-state index in [0.717, 1.165) is 11.1 Å². The molecule has 2 aromatic carbocycles. The third-order valence-corrected chi connectivity index (χ3v) is 3.75. The van der Waals surface area contributed by atoms with Gasteiger partial charge in [-0.2, -0.15) is 5.10 Å². The molecule has 3 rings (SSSR count). The van der Waals surface area contributed by atoms with E-state index in [4.69, 9.17) is 10.5 Å². The van der Waals surface area contributed by atoms with Gasteiger partial charge in [0, 0.05) is 12.0 Å². The van der Waals surface area contributed by atoms with Crippen molar-refractivity contribution in [1.82, 2.24) is 5.43 Å². The summed E-state index contributed by atoms with van der Waals surface area (Å²) in [5.74, 6) is -0.352. The Bertz CT molecular complexity index is 844. The summed E-state index contributed by atoms with van der Waals surface area (Å²) in [7, 11) is 0. The van der Waals surface area contributed by atoms with E-state index in [1.54, 1.807) is 18.2 Å². The van der Waals surface area contributed by atoms with Gasteiger partial charge in [-0.25, -0.2) is 15.0 Å². The molecule has 2 aromatic rings. The molecule has 0 aliphatic carbocycles. The number of allylic oxidation sites excluding steroid dienone is 1. The van der Waals surface area contributed by atoms with Crippen LogP contribution in [0.15, 0.2) is 65.8 Å². The Hall–Kier alpha value is -3.41. The zero-order valence-corrected chi connectivity index (χ0v) is 13.4. The second-order valence-corrected chi connectivity index (χ2v) is 5.51. The van der Waals surface area contributed by atoms with Gasteiger partial charge in [0.05, 0.1) is 11.3 Å². The van der Waals surface area contributed by atoms with Gasteiger partial charge in [-0.3, -0.25) is 0 Å². The van der Waals surface area contributed by atoms with E-state index < -0.39 is 12.1 Å². The normalized spacial score (nSPS) is 16.6. The van der Waals surface area contributed by atoms with Crippen molar-refractivity contribution in [3.63, 3.8) is 0 Å². The highest BCUT2D eigenvalue weighted by atomic mass is 16.5. The minimum absolute atomic E-state index is 0.326. The molecule has 0 fully saturated rings. The van der Waals surface area contributed by atoms with Crippen molar-refractivity contribution in [2.75, 3.05) is 0 Å². The van der Waals surface area contributed by atoms with Gasteiger partial charge in [-0.15, -0.1) is 0 Å². The Kier molecular flexibility index (Phi) is 4.89. The second kappa shape index (κ2) is 7.44. The van der Waals surface area contributed by atoms with Crippen molar-refractivity contribution < 1.29 is 14.3 Å². The van der Waals surface area contributed by atoms with Gasteiger partial charge >= 0.3 is 12.0 Å². The minimum Gasteiger partial charge on any atom is -0.453 e. The molecule has 1 aliphatic heterocycles. The van der Waals surface area contributed by atoms with Crippen molar-refractivity contribution in [2.45, 2.75) is 12.5 Å². The van der Waals surface area contributed by atoms with Crippen LogP contribution in [0.4, 0.5) is 4.79 Å². The lowest BCUT2D eigenvalue weighted by molar-refractivity contribution is 0.0400. The van der Waals surface area contributed by atoms with Gasteiger partial charge in [0.15, 0.2) is 0 Å². The fraction of sp³-hybridized carbons (Fsp3) is 0.105. The molecule has 1 atom stereocenters. The van der Waals surface area contributed by atoms with Crippen molar-refractivity contribution in [3.05, 3.63) is 77.4 Å². The largest absolute Gasteiger partial charge is 0.453 e. The monoisotopic (exact) mass is 335 g/mol. The maximum atomic E-state index is 11.9. The van der Waals surface area contributed by atoms with Crippen LogP contribution in [0, 0.1) is 0 Å². The van der Waals surface area contributed by atoms with Crippen LogP contribution in [0.1, 0.15) is 34.0 Å². The summed E-state index contributed by atoms with van der Waals surface area (Å²) in [6.45, 7) is 0.